The molecule has 0 atom stereocenters. The van der Waals surface area contributed by atoms with Crippen molar-refractivity contribution < 1.29 is 4.79 Å². The molecule has 1 aromatic carbocycles. The maximum atomic E-state index is 12.3. The highest BCUT2D eigenvalue weighted by Gasteiger charge is 2.17. The van der Waals surface area contributed by atoms with Crippen LogP contribution in [0.25, 0.3) is 5.69 Å². The van der Waals surface area contributed by atoms with Crippen molar-refractivity contribution in [2.75, 3.05) is 6.54 Å². The van der Waals surface area contributed by atoms with Gasteiger partial charge in [-0.2, -0.15) is 5.26 Å². The van der Waals surface area contributed by atoms with Crippen molar-refractivity contribution in [3.63, 3.8) is 0 Å². The summed E-state index contributed by atoms with van der Waals surface area (Å²) in [5.74, 6) is -0.203. The van der Waals surface area contributed by atoms with E-state index in [2.05, 4.69) is 18.3 Å². The Bertz CT molecular complexity index is 662. The Labute approximate surface area is 125 Å². The van der Waals surface area contributed by atoms with Gasteiger partial charge in [0.1, 0.15) is 11.8 Å². The molecule has 2 rings (SSSR count). The quantitative estimate of drug-likeness (QED) is 0.856. The summed E-state index contributed by atoms with van der Waals surface area (Å²) in [6, 6.07) is 11.6. The van der Waals surface area contributed by atoms with Crippen molar-refractivity contribution in [3.8, 4) is 11.8 Å². The Balaban J connectivity index is 2.35. The van der Waals surface area contributed by atoms with Gasteiger partial charge in [-0.15, -0.1) is 0 Å². The molecule has 4 nitrogen and oxygen atoms in total. The summed E-state index contributed by atoms with van der Waals surface area (Å²) in [4.78, 5) is 12.3. The van der Waals surface area contributed by atoms with Crippen LogP contribution in [0.15, 0.2) is 36.5 Å². The highest BCUT2D eigenvalue weighted by Crippen LogP contribution is 2.17. The van der Waals surface area contributed by atoms with E-state index in [-0.39, 0.29) is 5.91 Å². The first-order valence-corrected chi connectivity index (χ1v) is 7.14. The van der Waals surface area contributed by atoms with Crippen molar-refractivity contribution in [1.29, 1.82) is 5.26 Å². The lowest BCUT2D eigenvalue weighted by Gasteiger charge is -2.10. The number of carbonyl (C=O) groups is 1. The molecular weight excluding hydrogens is 262 g/mol. The SMILES string of the molecule is CCCCNC(=O)c1c(C#N)ccn1-c1ccc(C)cc1. The number of benzene rings is 1. The largest absolute Gasteiger partial charge is 0.351 e. The zero-order chi connectivity index (χ0) is 15.2. The van der Waals surface area contributed by atoms with Crippen LogP contribution in [0.2, 0.25) is 0 Å². The van der Waals surface area contributed by atoms with Gasteiger partial charge in [-0.25, -0.2) is 0 Å². The molecule has 4 heteroatoms. The Morgan fingerprint density at radius 1 is 1.29 bits per heavy atom. The minimum absolute atomic E-state index is 0.203. The number of nitriles is 1. The maximum Gasteiger partial charge on any atom is 0.269 e. The van der Waals surface area contributed by atoms with Crippen LogP contribution in [0.3, 0.4) is 0 Å². The van der Waals surface area contributed by atoms with E-state index < -0.39 is 0 Å². The number of unbranched alkanes of at least 4 members (excludes halogenated alkanes) is 1. The van der Waals surface area contributed by atoms with E-state index >= 15 is 0 Å². The van der Waals surface area contributed by atoms with Gasteiger partial charge in [0.2, 0.25) is 0 Å². The van der Waals surface area contributed by atoms with E-state index in [9.17, 15) is 10.1 Å². The first-order chi connectivity index (χ1) is 10.2. The smallest absolute Gasteiger partial charge is 0.269 e. The predicted molar refractivity (Wildman–Crippen MR) is 82.5 cm³/mol. The van der Waals surface area contributed by atoms with Crippen LogP contribution >= 0.6 is 0 Å². The minimum atomic E-state index is -0.203. The summed E-state index contributed by atoms with van der Waals surface area (Å²) in [5, 5.41) is 12.1. The van der Waals surface area contributed by atoms with Crippen LogP contribution in [0.4, 0.5) is 0 Å². The van der Waals surface area contributed by atoms with Crippen LogP contribution in [-0.2, 0) is 0 Å². The molecular formula is C17H19N3O. The van der Waals surface area contributed by atoms with E-state index in [0.29, 0.717) is 17.8 Å². The molecule has 1 aromatic heterocycles. The first-order valence-electron chi connectivity index (χ1n) is 7.14. The fourth-order valence-corrected chi connectivity index (χ4v) is 2.14. The van der Waals surface area contributed by atoms with Gasteiger partial charge in [-0.05, 0) is 31.5 Å². The molecule has 0 unspecified atom stereocenters. The summed E-state index contributed by atoms with van der Waals surface area (Å²) in [6.07, 6.45) is 3.71. The molecule has 1 amide bonds. The molecule has 0 spiro atoms. The molecule has 0 bridgehead atoms. The third-order valence-electron chi connectivity index (χ3n) is 3.35. The Morgan fingerprint density at radius 3 is 2.62 bits per heavy atom. The first kappa shape index (κ1) is 14.9. The number of amides is 1. The van der Waals surface area contributed by atoms with Crippen molar-refractivity contribution >= 4 is 5.91 Å². The highest BCUT2D eigenvalue weighted by molar-refractivity contribution is 5.95. The normalized spacial score (nSPS) is 10.1. The van der Waals surface area contributed by atoms with Crippen LogP contribution in [0.1, 0.15) is 41.4 Å². The number of nitrogens with one attached hydrogen (secondary N) is 1. The van der Waals surface area contributed by atoms with E-state index in [1.165, 1.54) is 0 Å². The van der Waals surface area contributed by atoms with Crippen molar-refractivity contribution in [3.05, 3.63) is 53.3 Å². The number of nitrogens with zero attached hydrogens (tertiary/aromatic N) is 2. The zero-order valence-electron chi connectivity index (χ0n) is 12.4. The van der Waals surface area contributed by atoms with Crippen LogP contribution in [0, 0.1) is 18.3 Å². The van der Waals surface area contributed by atoms with Gasteiger partial charge in [-0.1, -0.05) is 31.0 Å². The maximum absolute atomic E-state index is 12.3. The monoisotopic (exact) mass is 281 g/mol. The Morgan fingerprint density at radius 2 is 2.00 bits per heavy atom. The molecule has 0 saturated carbocycles. The topological polar surface area (TPSA) is 57.8 Å². The summed E-state index contributed by atoms with van der Waals surface area (Å²) < 4.78 is 1.76. The number of hydrogen-bond donors (Lipinski definition) is 1. The number of rotatable bonds is 5. The average Bonchev–Trinajstić information content (AvgIpc) is 2.92. The van der Waals surface area contributed by atoms with Gasteiger partial charge in [0.05, 0.1) is 5.56 Å². The fourth-order valence-electron chi connectivity index (χ4n) is 2.14. The summed E-state index contributed by atoms with van der Waals surface area (Å²) in [7, 11) is 0. The molecule has 108 valence electrons. The fraction of sp³-hybridized carbons (Fsp3) is 0.294. The predicted octanol–water partition coefficient (Wildman–Crippen LogP) is 3.19. The summed E-state index contributed by atoms with van der Waals surface area (Å²) >= 11 is 0. The molecule has 0 aliphatic carbocycles. The van der Waals surface area contributed by atoms with Gasteiger partial charge in [-0.3, -0.25) is 4.79 Å². The number of carbonyl (C=O) groups excluding carboxylic acids is 1. The molecule has 1 heterocycles. The summed E-state index contributed by atoms with van der Waals surface area (Å²) in [5.41, 5.74) is 2.82. The standard InChI is InChI=1S/C17H19N3O/c1-3-4-10-19-17(21)16-14(12-18)9-11-20(16)15-7-5-13(2)6-8-15/h5-9,11H,3-4,10H2,1-2H3,(H,19,21). The van der Waals surface area contributed by atoms with E-state index in [0.717, 1.165) is 24.1 Å². The minimum Gasteiger partial charge on any atom is -0.351 e. The molecule has 0 aliphatic rings. The van der Waals surface area contributed by atoms with Gasteiger partial charge in [0.15, 0.2) is 0 Å². The zero-order valence-corrected chi connectivity index (χ0v) is 12.4. The third-order valence-corrected chi connectivity index (χ3v) is 3.35. The van der Waals surface area contributed by atoms with Crippen LogP contribution in [-0.4, -0.2) is 17.0 Å². The van der Waals surface area contributed by atoms with Crippen molar-refractivity contribution in [2.24, 2.45) is 0 Å². The number of hydrogen-bond acceptors (Lipinski definition) is 2. The second-order valence-corrected chi connectivity index (χ2v) is 5.00. The summed E-state index contributed by atoms with van der Waals surface area (Å²) in [6.45, 7) is 4.71. The van der Waals surface area contributed by atoms with Crippen LogP contribution in [0.5, 0.6) is 0 Å². The lowest BCUT2D eigenvalue weighted by Crippen LogP contribution is -2.27. The highest BCUT2D eigenvalue weighted by atomic mass is 16.1. The lowest BCUT2D eigenvalue weighted by molar-refractivity contribution is 0.0946. The van der Waals surface area contributed by atoms with E-state index in [1.54, 1.807) is 16.8 Å². The molecule has 21 heavy (non-hydrogen) atoms. The van der Waals surface area contributed by atoms with Crippen molar-refractivity contribution in [1.82, 2.24) is 9.88 Å². The molecule has 0 aliphatic heterocycles. The van der Waals surface area contributed by atoms with Crippen molar-refractivity contribution in [2.45, 2.75) is 26.7 Å². The van der Waals surface area contributed by atoms with Crippen LogP contribution < -0.4 is 5.32 Å². The number of aromatic nitrogens is 1. The molecule has 0 radical (unpaired) electrons. The molecule has 2 aromatic rings. The van der Waals surface area contributed by atoms with Gasteiger partial charge in [0, 0.05) is 18.4 Å². The van der Waals surface area contributed by atoms with E-state index in [1.807, 2.05) is 31.2 Å². The molecule has 0 fully saturated rings. The second kappa shape index (κ2) is 6.76. The molecule has 0 saturated heterocycles. The Hall–Kier alpha value is -2.54. The number of aryl methyl sites for hydroxylation is 1. The lowest BCUT2D eigenvalue weighted by atomic mass is 10.2. The van der Waals surface area contributed by atoms with Gasteiger partial charge < -0.3 is 9.88 Å². The third kappa shape index (κ3) is 3.32. The molecule has 1 N–H and O–H groups in total. The van der Waals surface area contributed by atoms with E-state index in [4.69, 9.17) is 0 Å². The Kier molecular flexibility index (Phi) is 4.78. The second-order valence-electron chi connectivity index (χ2n) is 5.00. The average molecular weight is 281 g/mol. The van der Waals surface area contributed by atoms with Gasteiger partial charge in [0.25, 0.3) is 5.91 Å². The van der Waals surface area contributed by atoms with Gasteiger partial charge >= 0.3 is 0 Å².